The predicted molar refractivity (Wildman–Crippen MR) is 106 cm³/mol. The number of rotatable bonds is 7. The maximum absolute atomic E-state index is 12.4. The summed E-state index contributed by atoms with van der Waals surface area (Å²) in [6.45, 7) is 3.67. The van der Waals surface area contributed by atoms with Gasteiger partial charge in [0, 0.05) is 31.5 Å². The average molecular weight is 397 g/mol. The molecule has 7 heteroatoms. The van der Waals surface area contributed by atoms with Gasteiger partial charge in [0.1, 0.15) is 13.2 Å². The molecule has 0 aliphatic carbocycles. The van der Waals surface area contributed by atoms with Crippen LogP contribution in [0.2, 0.25) is 0 Å². The lowest BCUT2D eigenvalue weighted by Crippen LogP contribution is -2.39. The SMILES string of the molecule is CNCCC1CCN(C(=O)CCC(=O)c2ccc3c(c2)OCCO3)CC1.Cl. The van der Waals surface area contributed by atoms with Crippen molar-refractivity contribution in [2.24, 2.45) is 5.92 Å². The first kappa shape index (κ1) is 21.5. The maximum Gasteiger partial charge on any atom is 0.223 e. The van der Waals surface area contributed by atoms with Crippen LogP contribution in [-0.2, 0) is 4.79 Å². The Hall–Kier alpha value is -1.79. The highest BCUT2D eigenvalue weighted by molar-refractivity contribution is 5.98. The molecule has 0 bridgehead atoms. The van der Waals surface area contributed by atoms with Crippen LogP contribution in [0.4, 0.5) is 0 Å². The van der Waals surface area contributed by atoms with E-state index >= 15 is 0 Å². The summed E-state index contributed by atoms with van der Waals surface area (Å²) in [6, 6.07) is 5.22. The first-order valence-corrected chi connectivity index (χ1v) is 9.52. The molecule has 0 spiro atoms. The molecule has 3 rings (SSSR count). The molecule has 1 aromatic carbocycles. The third-order valence-electron chi connectivity index (χ3n) is 5.20. The average Bonchev–Trinajstić information content (AvgIpc) is 2.70. The molecule has 0 radical (unpaired) electrons. The molecule has 27 heavy (non-hydrogen) atoms. The molecule has 0 unspecified atom stereocenters. The van der Waals surface area contributed by atoms with Crippen molar-refractivity contribution in [1.29, 1.82) is 0 Å². The van der Waals surface area contributed by atoms with Crippen LogP contribution in [-0.4, -0.2) is 56.5 Å². The zero-order valence-corrected chi connectivity index (χ0v) is 16.7. The highest BCUT2D eigenvalue weighted by Gasteiger charge is 2.23. The monoisotopic (exact) mass is 396 g/mol. The lowest BCUT2D eigenvalue weighted by atomic mass is 9.93. The highest BCUT2D eigenvalue weighted by atomic mass is 35.5. The number of ketones is 1. The molecule has 1 saturated heterocycles. The van der Waals surface area contributed by atoms with Gasteiger partial charge in [-0.25, -0.2) is 0 Å². The van der Waals surface area contributed by atoms with Crippen LogP contribution in [0.25, 0.3) is 0 Å². The second kappa shape index (κ2) is 10.5. The largest absolute Gasteiger partial charge is 0.486 e. The third-order valence-corrected chi connectivity index (χ3v) is 5.20. The topological polar surface area (TPSA) is 67.9 Å². The number of fused-ring (bicyclic) bond motifs is 1. The normalized spacial score (nSPS) is 16.6. The number of amides is 1. The number of halogens is 1. The van der Waals surface area contributed by atoms with Crippen LogP contribution in [0.15, 0.2) is 18.2 Å². The lowest BCUT2D eigenvalue weighted by molar-refractivity contribution is -0.132. The van der Waals surface area contributed by atoms with Crippen molar-refractivity contribution in [2.75, 3.05) is 39.9 Å². The number of carbonyl (C=O) groups is 2. The van der Waals surface area contributed by atoms with E-state index in [9.17, 15) is 9.59 Å². The van der Waals surface area contributed by atoms with Crippen molar-refractivity contribution < 1.29 is 19.1 Å². The molecule has 2 aliphatic rings. The van der Waals surface area contributed by atoms with E-state index in [1.807, 2.05) is 11.9 Å². The Morgan fingerprint density at radius 1 is 1.11 bits per heavy atom. The number of nitrogens with one attached hydrogen (secondary N) is 1. The minimum atomic E-state index is -0.0285. The first-order chi connectivity index (χ1) is 12.7. The summed E-state index contributed by atoms with van der Waals surface area (Å²) in [4.78, 5) is 26.7. The van der Waals surface area contributed by atoms with Crippen LogP contribution in [0.5, 0.6) is 11.5 Å². The zero-order valence-electron chi connectivity index (χ0n) is 15.9. The fourth-order valence-corrected chi connectivity index (χ4v) is 3.56. The van der Waals surface area contributed by atoms with E-state index in [1.165, 1.54) is 6.42 Å². The number of Topliss-reactive ketones (excluding diaryl/α,β-unsaturated/α-hetero) is 1. The van der Waals surface area contributed by atoms with E-state index in [-0.39, 0.29) is 36.9 Å². The van der Waals surface area contributed by atoms with Gasteiger partial charge in [0.05, 0.1) is 0 Å². The summed E-state index contributed by atoms with van der Waals surface area (Å²) >= 11 is 0. The van der Waals surface area contributed by atoms with E-state index in [2.05, 4.69) is 5.32 Å². The Morgan fingerprint density at radius 3 is 2.52 bits per heavy atom. The van der Waals surface area contributed by atoms with Crippen LogP contribution in [0, 0.1) is 5.92 Å². The molecule has 2 heterocycles. The van der Waals surface area contributed by atoms with Gasteiger partial charge in [0.15, 0.2) is 17.3 Å². The number of likely N-dealkylation sites (tertiary alicyclic amines) is 1. The van der Waals surface area contributed by atoms with Gasteiger partial charge < -0.3 is 19.7 Å². The molecular weight excluding hydrogens is 368 g/mol. The molecule has 1 fully saturated rings. The standard InChI is InChI=1S/C20H28N2O4.ClH/c1-21-9-6-15-7-10-22(11-8-15)20(24)5-3-17(23)16-2-4-18-19(14-16)26-13-12-25-18;/h2,4,14-15,21H,3,5-13H2,1H3;1H. The van der Waals surface area contributed by atoms with E-state index in [1.54, 1.807) is 18.2 Å². The second-order valence-electron chi connectivity index (χ2n) is 7.00. The Morgan fingerprint density at radius 2 is 1.81 bits per heavy atom. The summed E-state index contributed by atoms with van der Waals surface area (Å²) < 4.78 is 11.0. The number of nitrogens with zero attached hydrogens (tertiary/aromatic N) is 1. The van der Waals surface area contributed by atoms with Crippen LogP contribution < -0.4 is 14.8 Å². The number of piperidine rings is 1. The maximum atomic E-state index is 12.4. The molecule has 150 valence electrons. The molecule has 2 aliphatic heterocycles. The van der Waals surface area contributed by atoms with Gasteiger partial charge in [0.25, 0.3) is 0 Å². The van der Waals surface area contributed by atoms with E-state index in [0.717, 1.165) is 32.5 Å². The quantitative estimate of drug-likeness (QED) is 0.718. The van der Waals surface area contributed by atoms with Gasteiger partial charge >= 0.3 is 0 Å². The fraction of sp³-hybridized carbons (Fsp3) is 0.600. The fourth-order valence-electron chi connectivity index (χ4n) is 3.56. The van der Waals surface area contributed by atoms with Gasteiger partial charge in [-0.05, 0) is 57.0 Å². The molecule has 1 aromatic rings. The van der Waals surface area contributed by atoms with Crippen molar-refractivity contribution in [3.05, 3.63) is 23.8 Å². The number of carbonyl (C=O) groups excluding carboxylic acids is 2. The highest BCUT2D eigenvalue weighted by Crippen LogP contribution is 2.31. The summed E-state index contributed by atoms with van der Waals surface area (Å²) in [7, 11) is 1.97. The van der Waals surface area contributed by atoms with E-state index in [0.29, 0.717) is 36.2 Å². The van der Waals surface area contributed by atoms with E-state index < -0.39 is 0 Å². The Labute approximate surface area is 167 Å². The molecule has 6 nitrogen and oxygen atoms in total. The van der Waals surface area contributed by atoms with Crippen molar-refractivity contribution >= 4 is 24.1 Å². The predicted octanol–water partition coefficient (Wildman–Crippen LogP) is 2.69. The Kier molecular flexibility index (Phi) is 8.38. The van der Waals surface area contributed by atoms with Gasteiger partial charge in [-0.3, -0.25) is 9.59 Å². The minimum absolute atomic E-state index is 0. The van der Waals surface area contributed by atoms with Gasteiger partial charge in [-0.15, -0.1) is 12.4 Å². The summed E-state index contributed by atoms with van der Waals surface area (Å²) in [5.41, 5.74) is 0.577. The number of ether oxygens (including phenoxy) is 2. The molecule has 0 aromatic heterocycles. The molecule has 1 amide bonds. The lowest BCUT2D eigenvalue weighted by Gasteiger charge is -2.32. The Bertz CT molecular complexity index is 645. The van der Waals surface area contributed by atoms with Crippen molar-refractivity contribution in [3.63, 3.8) is 0 Å². The van der Waals surface area contributed by atoms with Crippen LogP contribution in [0.3, 0.4) is 0 Å². The Balaban J connectivity index is 0.00000261. The van der Waals surface area contributed by atoms with E-state index in [4.69, 9.17) is 9.47 Å². The second-order valence-corrected chi connectivity index (χ2v) is 7.00. The third kappa shape index (κ3) is 5.84. The summed E-state index contributed by atoms with van der Waals surface area (Å²) in [5.74, 6) is 2.04. The molecular formula is C20H29ClN2O4. The number of hydrogen-bond donors (Lipinski definition) is 1. The number of hydrogen-bond acceptors (Lipinski definition) is 5. The smallest absolute Gasteiger partial charge is 0.223 e. The van der Waals surface area contributed by atoms with Gasteiger partial charge in [0.2, 0.25) is 5.91 Å². The van der Waals surface area contributed by atoms with Crippen molar-refractivity contribution in [2.45, 2.75) is 32.1 Å². The van der Waals surface area contributed by atoms with Gasteiger partial charge in [-0.2, -0.15) is 0 Å². The molecule has 0 saturated carbocycles. The number of benzene rings is 1. The zero-order chi connectivity index (χ0) is 18.4. The van der Waals surface area contributed by atoms with Crippen molar-refractivity contribution in [3.8, 4) is 11.5 Å². The van der Waals surface area contributed by atoms with Crippen LogP contribution >= 0.6 is 12.4 Å². The summed E-state index contributed by atoms with van der Waals surface area (Å²) in [6.07, 6.45) is 3.79. The molecule has 0 atom stereocenters. The minimum Gasteiger partial charge on any atom is -0.486 e. The van der Waals surface area contributed by atoms with Gasteiger partial charge in [-0.1, -0.05) is 0 Å². The first-order valence-electron chi connectivity index (χ1n) is 9.52. The van der Waals surface area contributed by atoms with Crippen LogP contribution in [0.1, 0.15) is 42.5 Å². The summed E-state index contributed by atoms with van der Waals surface area (Å²) in [5, 5.41) is 3.18. The van der Waals surface area contributed by atoms with Crippen molar-refractivity contribution in [1.82, 2.24) is 10.2 Å². The molecule has 1 N–H and O–H groups in total.